The first-order chi connectivity index (χ1) is 17.4. The fraction of sp³-hybridized carbons (Fsp3) is 0.429. The quantitative estimate of drug-likeness (QED) is 0.474. The molecule has 2 aromatic carbocycles. The number of rotatable bonds is 9. The third kappa shape index (κ3) is 6.56. The second-order valence-corrected chi connectivity index (χ2v) is 9.58. The summed E-state index contributed by atoms with van der Waals surface area (Å²) < 4.78 is 19.1. The van der Waals surface area contributed by atoms with Crippen LogP contribution in [0.2, 0.25) is 0 Å². The summed E-state index contributed by atoms with van der Waals surface area (Å²) in [6.07, 6.45) is 2.36. The summed E-state index contributed by atoms with van der Waals surface area (Å²) in [7, 11) is 0. The fourth-order valence-corrected chi connectivity index (χ4v) is 4.42. The highest BCUT2D eigenvalue weighted by Crippen LogP contribution is 2.22. The molecule has 4 rings (SSSR count). The Hall–Kier alpha value is -3.55. The van der Waals surface area contributed by atoms with Crippen molar-refractivity contribution in [2.45, 2.75) is 51.9 Å². The van der Waals surface area contributed by atoms with E-state index in [1.807, 2.05) is 12.1 Å². The monoisotopic (exact) mass is 492 g/mol. The van der Waals surface area contributed by atoms with E-state index in [2.05, 4.69) is 41.4 Å². The van der Waals surface area contributed by atoms with Gasteiger partial charge in [0.15, 0.2) is 0 Å². The Kier molecular flexibility index (Phi) is 8.46. The first-order valence-electron chi connectivity index (χ1n) is 12.6. The van der Waals surface area contributed by atoms with Crippen LogP contribution in [0.1, 0.15) is 56.0 Å². The Morgan fingerprint density at radius 1 is 1.08 bits per heavy atom. The van der Waals surface area contributed by atoms with Gasteiger partial charge >= 0.3 is 0 Å². The average molecular weight is 493 g/mol. The van der Waals surface area contributed by atoms with E-state index in [4.69, 9.17) is 4.52 Å². The maximum atomic E-state index is 13.7. The Labute approximate surface area is 211 Å². The highest BCUT2D eigenvalue weighted by atomic mass is 19.1. The molecule has 0 radical (unpaired) electrons. The molecule has 8 heteroatoms. The van der Waals surface area contributed by atoms with Gasteiger partial charge in [-0.1, -0.05) is 61.5 Å². The third-order valence-corrected chi connectivity index (χ3v) is 6.73. The van der Waals surface area contributed by atoms with E-state index >= 15 is 0 Å². The Morgan fingerprint density at radius 2 is 1.81 bits per heavy atom. The van der Waals surface area contributed by atoms with Crippen molar-refractivity contribution in [1.29, 1.82) is 0 Å². The number of aromatic nitrogens is 2. The molecule has 0 aliphatic carbocycles. The molecule has 0 spiro atoms. The predicted molar refractivity (Wildman–Crippen MR) is 135 cm³/mol. The Balaban J connectivity index is 1.18. The van der Waals surface area contributed by atoms with Gasteiger partial charge in [-0.2, -0.15) is 4.98 Å². The van der Waals surface area contributed by atoms with Crippen molar-refractivity contribution in [3.63, 3.8) is 0 Å². The summed E-state index contributed by atoms with van der Waals surface area (Å²) >= 11 is 0. The van der Waals surface area contributed by atoms with Crippen molar-refractivity contribution in [2.75, 3.05) is 19.6 Å². The second-order valence-electron chi connectivity index (χ2n) is 9.58. The Bertz CT molecular complexity index is 1170. The number of halogens is 1. The summed E-state index contributed by atoms with van der Waals surface area (Å²) in [5.74, 6) is 1.03. The van der Waals surface area contributed by atoms with Gasteiger partial charge in [0, 0.05) is 44.0 Å². The highest BCUT2D eigenvalue weighted by Gasteiger charge is 2.27. The average Bonchev–Trinajstić information content (AvgIpc) is 3.37. The van der Waals surface area contributed by atoms with Gasteiger partial charge in [0.2, 0.25) is 23.5 Å². The number of hydrogen-bond acceptors (Lipinski definition) is 5. The third-order valence-electron chi connectivity index (χ3n) is 6.73. The van der Waals surface area contributed by atoms with E-state index in [0.29, 0.717) is 68.5 Å². The summed E-state index contributed by atoms with van der Waals surface area (Å²) in [5.41, 5.74) is 2.72. The molecule has 1 aliphatic rings. The SMILES string of the molecule is CC(C)c1ccc(-c2noc(CCC(=O)N3CCC(C(=O)NCCc4ccccc4F)CC3)n2)cc1. The first-order valence-corrected chi connectivity index (χ1v) is 12.6. The number of likely N-dealkylation sites (tertiary alicyclic amines) is 1. The normalized spacial score (nSPS) is 14.3. The smallest absolute Gasteiger partial charge is 0.227 e. The standard InChI is InChI=1S/C28H33FN4O3/c1-19(2)20-7-9-22(10-8-20)27-31-25(36-32-27)11-12-26(34)33-17-14-23(15-18-33)28(35)30-16-13-21-5-3-4-6-24(21)29/h3-10,19,23H,11-18H2,1-2H3,(H,30,35). The summed E-state index contributed by atoms with van der Waals surface area (Å²) in [5, 5.41) is 6.96. The molecule has 0 atom stereocenters. The van der Waals surface area contributed by atoms with Crippen LogP contribution in [0.25, 0.3) is 11.4 Å². The molecule has 1 aromatic heterocycles. The molecule has 1 saturated heterocycles. The van der Waals surface area contributed by atoms with E-state index in [-0.39, 0.29) is 30.0 Å². The van der Waals surface area contributed by atoms with Crippen LogP contribution < -0.4 is 5.32 Å². The molecule has 7 nitrogen and oxygen atoms in total. The van der Waals surface area contributed by atoms with Crippen molar-refractivity contribution in [3.05, 3.63) is 71.4 Å². The van der Waals surface area contributed by atoms with Gasteiger partial charge in [-0.25, -0.2) is 4.39 Å². The molecule has 0 saturated carbocycles. The molecule has 36 heavy (non-hydrogen) atoms. The first kappa shape index (κ1) is 25.5. The predicted octanol–water partition coefficient (Wildman–Crippen LogP) is 4.53. The number of aryl methyl sites for hydroxylation is 1. The van der Waals surface area contributed by atoms with Crippen molar-refractivity contribution in [1.82, 2.24) is 20.4 Å². The van der Waals surface area contributed by atoms with Gasteiger partial charge in [0.1, 0.15) is 5.82 Å². The van der Waals surface area contributed by atoms with Crippen molar-refractivity contribution in [3.8, 4) is 11.4 Å². The summed E-state index contributed by atoms with van der Waals surface area (Å²) in [6.45, 7) is 5.77. The highest BCUT2D eigenvalue weighted by molar-refractivity contribution is 5.80. The second kappa shape index (κ2) is 11.9. The largest absolute Gasteiger partial charge is 0.356 e. The number of piperidine rings is 1. The lowest BCUT2D eigenvalue weighted by Gasteiger charge is -2.31. The molecule has 2 heterocycles. The zero-order chi connectivity index (χ0) is 25.5. The van der Waals surface area contributed by atoms with E-state index in [1.165, 1.54) is 11.6 Å². The lowest BCUT2D eigenvalue weighted by molar-refractivity contribution is -0.135. The van der Waals surface area contributed by atoms with Crippen LogP contribution in [-0.4, -0.2) is 46.5 Å². The van der Waals surface area contributed by atoms with Gasteiger partial charge in [0.05, 0.1) is 0 Å². The van der Waals surface area contributed by atoms with Crippen LogP contribution >= 0.6 is 0 Å². The zero-order valence-electron chi connectivity index (χ0n) is 20.9. The van der Waals surface area contributed by atoms with Gasteiger partial charge in [-0.15, -0.1) is 0 Å². The van der Waals surface area contributed by atoms with E-state index in [0.717, 1.165) is 5.56 Å². The topological polar surface area (TPSA) is 88.3 Å². The number of hydrogen-bond donors (Lipinski definition) is 1. The number of carbonyl (C=O) groups excluding carboxylic acids is 2. The minimum atomic E-state index is -0.254. The lowest BCUT2D eigenvalue weighted by Crippen LogP contribution is -2.43. The number of benzene rings is 2. The van der Waals surface area contributed by atoms with Crippen LogP contribution in [0.15, 0.2) is 53.1 Å². The number of nitrogens with one attached hydrogen (secondary N) is 1. The number of nitrogens with zero attached hydrogens (tertiary/aromatic N) is 3. The van der Waals surface area contributed by atoms with Crippen molar-refractivity contribution < 1.29 is 18.5 Å². The van der Waals surface area contributed by atoms with Crippen LogP contribution in [0, 0.1) is 11.7 Å². The minimum absolute atomic E-state index is 0.0226. The van der Waals surface area contributed by atoms with Crippen molar-refractivity contribution in [2.24, 2.45) is 5.92 Å². The summed E-state index contributed by atoms with van der Waals surface area (Å²) in [4.78, 5) is 31.4. The molecular weight excluding hydrogens is 459 g/mol. The minimum Gasteiger partial charge on any atom is -0.356 e. The van der Waals surface area contributed by atoms with Gasteiger partial charge in [-0.3, -0.25) is 9.59 Å². The number of amides is 2. The van der Waals surface area contributed by atoms with Crippen LogP contribution in [0.3, 0.4) is 0 Å². The van der Waals surface area contributed by atoms with E-state index < -0.39 is 0 Å². The van der Waals surface area contributed by atoms with Crippen LogP contribution in [0.4, 0.5) is 4.39 Å². The van der Waals surface area contributed by atoms with Crippen molar-refractivity contribution >= 4 is 11.8 Å². The molecule has 2 amide bonds. The molecule has 1 N–H and O–H groups in total. The molecular formula is C28H33FN4O3. The zero-order valence-corrected chi connectivity index (χ0v) is 20.9. The molecule has 0 unspecified atom stereocenters. The van der Waals surface area contributed by atoms with Gasteiger partial charge < -0.3 is 14.7 Å². The van der Waals surface area contributed by atoms with Crippen LogP contribution in [0.5, 0.6) is 0 Å². The Morgan fingerprint density at radius 3 is 2.50 bits per heavy atom. The molecule has 1 fully saturated rings. The van der Waals surface area contributed by atoms with E-state index in [1.54, 1.807) is 23.1 Å². The van der Waals surface area contributed by atoms with Crippen LogP contribution in [-0.2, 0) is 22.4 Å². The molecule has 0 bridgehead atoms. The van der Waals surface area contributed by atoms with Gasteiger partial charge in [-0.05, 0) is 42.4 Å². The summed E-state index contributed by atoms with van der Waals surface area (Å²) in [6, 6.07) is 14.7. The molecule has 3 aromatic rings. The van der Waals surface area contributed by atoms with Gasteiger partial charge in [0.25, 0.3) is 0 Å². The molecule has 1 aliphatic heterocycles. The molecule has 190 valence electrons. The number of carbonyl (C=O) groups is 2. The van der Waals surface area contributed by atoms with E-state index in [9.17, 15) is 14.0 Å². The fourth-order valence-electron chi connectivity index (χ4n) is 4.42. The lowest BCUT2D eigenvalue weighted by atomic mass is 9.95. The maximum Gasteiger partial charge on any atom is 0.227 e. The maximum absolute atomic E-state index is 13.7.